The van der Waals surface area contributed by atoms with E-state index in [1.807, 2.05) is 111 Å². The van der Waals surface area contributed by atoms with Crippen molar-refractivity contribution in [3.05, 3.63) is 89.1 Å². The molecule has 2 rings (SSSR count). The normalized spacial score (nSPS) is 12.2. The molecule has 2 aromatic rings. The van der Waals surface area contributed by atoms with Gasteiger partial charge in [0.1, 0.15) is 23.5 Å². The molecule has 1 heterocycles. The van der Waals surface area contributed by atoms with E-state index in [2.05, 4.69) is 25.4 Å². The molecule has 0 spiro atoms. The van der Waals surface area contributed by atoms with Gasteiger partial charge in [0, 0.05) is 27.5 Å². The zero-order chi connectivity index (χ0) is 34.5. The predicted octanol–water partition coefficient (Wildman–Crippen LogP) is 11.8. The van der Waals surface area contributed by atoms with Crippen LogP contribution in [0.15, 0.2) is 72.9 Å². The Morgan fingerprint density at radius 1 is 1.05 bits per heavy atom. The molecule has 1 atom stereocenters. The quantitative estimate of drug-likeness (QED) is 0.223. The van der Waals surface area contributed by atoms with E-state index in [0.717, 1.165) is 29.5 Å². The molecule has 1 unspecified atom stereocenters. The van der Waals surface area contributed by atoms with Crippen LogP contribution >= 0.6 is 11.6 Å². The Hall–Kier alpha value is -3.24. The van der Waals surface area contributed by atoms with Crippen LogP contribution in [0.2, 0.25) is 5.02 Å². The SMILES string of the molecule is C=C/C=C(C)\C=C/C.CC(=O)C(C)(C)/C=C/c1nc(-c2ccc(Cl)cc2)cc(C(C)(C)C)c1O.CCC(C)C=O.CCCC. The number of unbranched alkanes of at least 4 members (excludes halogenated alkanes) is 1. The van der Waals surface area contributed by atoms with E-state index in [1.165, 1.54) is 18.4 Å². The second-order valence-electron chi connectivity index (χ2n) is 12.3. The van der Waals surface area contributed by atoms with Crippen molar-refractivity contribution in [2.45, 2.75) is 108 Å². The Labute approximate surface area is 274 Å². The summed E-state index contributed by atoms with van der Waals surface area (Å²) in [5.41, 5.74) is 3.29. The lowest BCUT2D eigenvalue weighted by Gasteiger charge is -2.22. The van der Waals surface area contributed by atoms with Crippen molar-refractivity contribution in [1.29, 1.82) is 0 Å². The number of carbonyl (C=O) groups excluding carboxylic acids is 2. The van der Waals surface area contributed by atoms with Crippen LogP contribution in [0.3, 0.4) is 0 Å². The van der Waals surface area contributed by atoms with Crippen LogP contribution in [0.1, 0.15) is 114 Å². The van der Waals surface area contributed by atoms with Crippen molar-refractivity contribution in [2.75, 3.05) is 0 Å². The summed E-state index contributed by atoms with van der Waals surface area (Å²) in [6.07, 6.45) is 15.9. The highest BCUT2D eigenvalue weighted by Gasteiger charge is 2.24. The van der Waals surface area contributed by atoms with E-state index >= 15 is 0 Å². The topological polar surface area (TPSA) is 67.3 Å². The first-order chi connectivity index (χ1) is 20.4. The van der Waals surface area contributed by atoms with Crippen molar-refractivity contribution in [3.63, 3.8) is 0 Å². The van der Waals surface area contributed by atoms with E-state index in [9.17, 15) is 14.7 Å². The first-order valence-corrected chi connectivity index (χ1v) is 15.9. The summed E-state index contributed by atoms with van der Waals surface area (Å²) in [5.74, 6) is 0.453. The highest BCUT2D eigenvalue weighted by atomic mass is 35.5. The maximum atomic E-state index is 11.8. The van der Waals surface area contributed by atoms with E-state index in [0.29, 0.717) is 10.7 Å². The average Bonchev–Trinajstić information content (AvgIpc) is 2.97. The average molecular weight is 624 g/mol. The molecule has 0 amide bonds. The number of hydrogen-bond acceptors (Lipinski definition) is 4. The third-order valence-corrected chi connectivity index (χ3v) is 6.97. The van der Waals surface area contributed by atoms with E-state index in [-0.39, 0.29) is 22.9 Å². The number of pyridine rings is 1. The van der Waals surface area contributed by atoms with Gasteiger partial charge in [0.05, 0.1) is 5.69 Å². The summed E-state index contributed by atoms with van der Waals surface area (Å²) < 4.78 is 0. The molecule has 0 aliphatic rings. The molecular weight excluding hydrogens is 566 g/mol. The second kappa shape index (κ2) is 22.3. The van der Waals surface area contributed by atoms with Gasteiger partial charge in [0.25, 0.3) is 0 Å². The zero-order valence-corrected chi connectivity index (χ0v) is 30.2. The van der Waals surface area contributed by atoms with Crippen LogP contribution in [0.5, 0.6) is 5.75 Å². The Bertz CT molecular complexity index is 1230. The third kappa shape index (κ3) is 17.8. The minimum Gasteiger partial charge on any atom is -0.505 e. The number of ketones is 1. The maximum absolute atomic E-state index is 11.8. The summed E-state index contributed by atoms with van der Waals surface area (Å²) in [6, 6.07) is 9.35. The second-order valence-corrected chi connectivity index (χ2v) is 12.8. The molecule has 244 valence electrons. The summed E-state index contributed by atoms with van der Waals surface area (Å²) in [6.45, 7) is 27.3. The van der Waals surface area contributed by atoms with Crippen LogP contribution in [0, 0.1) is 11.3 Å². The van der Waals surface area contributed by atoms with Crippen LogP contribution in [0.4, 0.5) is 0 Å². The molecule has 0 saturated carbocycles. The van der Waals surface area contributed by atoms with Gasteiger partial charge in [-0.3, -0.25) is 4.79 Å². The molecule has 44 heavy (non-hydrogen) atoms. The molecule has 1 aromatic carbocycles. The van der Waals surface area contributed by atoms with Crippen LogP contribution in [-0.4, -0.2) is 22.2 Å². The summed E-state index contributed by atoms with van der Waals surface area (Å²) in [5, 5.41) is 11.4. The van der Waals surface area contributed by atoms with Gasteiger partial charge in [0.2, 0.25) is 0 Å². The molecule has 0 bridgehead atoms. The van der Waals surface area contributed by atoms with Gasteiger partial charge >= 0.3 is 0 Å². The number of nitrogens with zero attached hydrogens (tertiary/aromatic N) is 1. The fourth-order valence-electron chi connectivity index (χ4n) is 3.02. The number of hydrogen-bond donors (Lipinski definition) is 1. The molecule has 4 nitrogen and oxygen atoms in total. The standard InChI is InChI=1S/C22H26ClNO2.C8H12.C5H10O.C4H10/c1-14(25)22(5,6)12-11-18-20(26)17(21(2,3)4)13-19(24-18)15-7-9-16(23)10-8-15;1-4-6-8(3)7-5-2;1-3-5(2)4-6;1-3-4-2/h7-13,26H,1-6H3;4-7H,1H2,2-3H3;4-5H,3H2,1-2H3;3-4H2,1-2H3/b12-11+;7-5-,8-6-;;. The molecule has 5 heteroatoms. The monoisotopic (exact) mass is 623 g/mol. The molecule has 1 N–H and O–H groups in total. The highest BCUT2D eigenvalue weighted by molar-refractivity contribution is 6.30. The van der Waals surface area contributed by atoms with Gasteiger partial charge in [-0.25, -0.2) is 4.98 Å². The van der Waals surface area contributed by atoms with Crippen molar-refractivity contribution in [2.24, 2.45) is 11.3 Å². The minimum absolute atomic E-state index is 0.0538. The van der Waals surface area contributed by atoms with Crippen molar-refractivity contribution in [3.8, 4) is 17.0 Å². The van der Waals surface area contributed by atoms with Crippen molar-refractivity contribution in [1.82, 2.24) is 4.98 Å². The smallest absolute Gasteiger partial charge is 0.144 e. The largest absolute Gasteiger partial charge is 0.505 e. The Morgan fingerprint density at radius 2 is 1.59 bits per heavy atom. The number of halogens is 1. The molecule has 0 aliphatic heterocycles. The number of carbonyl (C=O) groups is 2. The Kier molecular flexibility index (Phi) is 21.7. The maximum Gasteiger partial charge on any atom is 0.144 e. The molecule has 0 saturated heterocycles. The molecule has 0 aliphatic carbocycles. The molecular formula is C39H58ClNO3. The number of aromatic hydroxyl groups is 1. The minimum atomic E-state index is -0.619. The van der Waals surface area contributed by atoms with E-state index in [1.54, 1.807) is 25.2 Å². The van der Waals surface area contributed by atoms with Gasteiger partial charge in [0.15, 0.2) is 0 Å². The molecule has 1 aromatic heterocycles. The van der Waals surface area contributed by atoms with Crippen molar-refractivity contribution >= 4 is 29.7 Å². The lowest BCUT2D eigenvalue weighted by atomic mass is 9.84. The number of aldehydes is 1. The van der Waals surface area contributed by atoms with Gasteiger partial charge in [-0.2, -0.15) is 0 Å². The van der Waals surface area contributed by atoms with Gasteiger partial charge in [-0.1, -0.05) is 128 Å². The summed E-state index contributed by atoms with van der Waals surface area (Å²) >= 11 is 5.99. The fourth-order valence-corrected chi connectivity index (χ4v) is 3.15. The number of allylic oxidation sites excluding steroid dienone is 6. The van der Waals surface area contributed by atoms with Gasteiger partial charge in [-0.05, 0) is 70.7 Å². The first-order valence-electron chi connectivity index (χ1n) is 15.5. The summed E-state index contributed by atoms with van der Waals surface area (Å²) in [4.78, 5) is 26.1. The Morgan fingerprint density at radius 3 is 1.95 bits per heavy atom. The zero-order valence-electron chi connectivity index (χ0n) is 29.4. The Balaban J connectivity index is 0. The van der Waals surface area contributed by atoms with Crippen molar-refractivity contribution < 1.29 is 14.7 Å². The number of rotatable bonds is 9. The van der Waals surface area contributed by atoms with E-state index in [4.69, 9.17) is 11.6 Å². The summed E-state index contributed by atoms with van der Waals surface area (Å²) in [7, 11) is 0. The van der Waals surface area contributed by atoms with Crippen LogP contribution in [-0.2, 0) is 15.0 Å². The van der Waals surface area contributed by atoms with Crippen LogP contribution in [0.25, 0.3) is 17.3 Å². The first kappa shape index (κ1) is 42.9. The number of Topliss-reactive ketones (excluding diaryl/α,β-unsaturated/α-hetero) is 1. The third-order valence-electron chi connectivity index (χ3n) is 6.72. The predicted molar refractivity (Wildman–Crippen MR) is 193 cm³/mol. The molecule has 0 radical (unpaired) electrons. The highest BCUT2D eigenvalue weighted by Crippen LogP contribution is 2.37. The molecule has 0 fully saturated rings. The van der Waals surface area contributed by atoms with Crippen LogP contribution < -0.4 is 0 Å². The van der Waals surface area contributed by atoms with Gasteiger partial charge in [-0.15, -0.1) is 0 Å². The lowest BCUT2D eigenvalue weighted by molar-refractivity contribution is -0.122. The fraction of sp³-hybridized carbons (Fsp3) is 0.462. The number of aromatic nitrogens is 1. The van der Waals surface area contributed by atoms with E-state index < -0.39 is 5.41 Å². The number of benzene rings is 1. The lowest BCUT2D eigenvalue weighted by Crippen LogP contribution is -2.18. The van der Waals surface area contributed by atoms with Gasteiger partial charge < -0.3 is 9.90 Å².